The molecule has 2 atom stereocenters. The van der Waals surface area contributed by atoms with Gasteiger partial charge >= 0.3 is 0 Å². The number of ketones is 1. The number of H-pyrrole nitrogens is 1. The molecule has 8 heteroatoms. The third-order valence-corrected chi connectivity index (χ3v) is 6.22. The Morgan fingerprint density at radius 1 is 1.12 bits per heavy atom. The first-order valence-corrected chi connectivity index (χ1v) is 10.9. The van der Waals surface area contributed by atoms with E-state index in [4.69, 9.17) is 16.3 Å². The number of alkyl halides is 1. The Bertz CT molecular complexity index is 1350. The number of carbonyl (C=O) groups excluding carboxylic acids is 1. The van der Waals surface area contributed by atoms with E-state index < -0.39 is 16.4 Å². The Balaban J connectivity index is 1.37. The number of nitrogens with one attached hydrogen (secondary N) is 2. The zero-order chi connectivity index (χ0) is 22.9. The third-order valence-electron chi connectivity index (χ3n) is 5.85. The summed E-state index contributed by atoms with van der Waals surface area (Å²) in [5, 5.41) is 14.9. The van der Waals surface area contributed by atoms with Crippen LogP contribution in [0.15, 0.2) is 72.8 Å². The van der Waals surface area contributed by atoms with Crippen LogP contribution < -0.4 is 5.32 Å². The maximum atomic E-state index is 13.3. The van der Waals surface area contributed by atoms with Crippen molar-refractivity contribution >= 4 is 39.7 Å². The second-order valence-electron chi connectivity index (χ2n) is 7.97. The van der Waals surface area contributed by atoms with Crippen molar-refractivity contribution in [3.05, 3.63) is 105 Å². The molecule has 0 amide bonds. The van der Waals surface area contributed by atoms with Gasteiger partial charge in [0, 0.05) is 35.3 Å². The molecule has 0 radical (unpaired) electrons. The van der Waals surface area contributed by atoms with E-state index in [2.05, 4.69) is 10.3 Å². The minimum absolute atomic E-state index is 0.0123. The predicted molar refractivity (Wildman–Crippen MR) is 127 cm³/mol. The zero-order valence-corrected chi connectivity index (χ0v) is 18.2. The van der Waals surface area contributed by atoms with Gasteiger partial charge < -0.3 is 15.0 Å². The fourth-order valence-corrected chi connectivity index (χ4v) is 4.32. The number of nitro groups is 1. The van der Waals surface area contributed by atoms with Gasteiger partial charge in [0.15, 0.2) is 11.3 Å². The Labute approximate surface area is 194 Å². The van der Waals surface area contributed by atoms with Crippen LogP contribution in [0.25, 0.3) is 10.9 Å². The van der Waals surface area contributed by atoms with Gasteiger partial charge in [-0.25, -0.2) is 0 Å². The average Bonchev–Trinajstić information content (AvgIpc) is 3.46. The van der Waals surface area contributed by atoms with Crippen LogP contribution in [0.4, 0.5) is 11.4 Å². The predicted octanol–water partition coefficient (Wildman–Crippen LogP) is 5.92. The summed E-state index contributed by atoms with van der Waals surface area (Å²) in [5.41, 5.74) is 3.98. The van der Waals surface area contributed by atoms with Crippen LogP contribution in [-0.4, -0.2) is 22.2 Å². The van der Waals surface area contributed by atoms with Crippen molar-refractivity contribution in [2.24, 2.45) is 0 Å². The van der Waals surface area contributed by atoms with Crippen LogP contribution in [0.5, 0.6) is 0 Å². The number of non-ortho nitro benzene ring substituents is 1. The topological polar surface area (TPSA) is 97.3 Å². The van der Waals surface area contributed by atoms with Gasteiger partial charge in [-0.15, -0.1) is 0 Å². The van der Waals surface area contributed by atoms with Gasteiger partial charge in [0.05, 0.1) is 23.1 Å². The number of aromatic amines is 1. The molecule has 0 saturated heterocycles. The number of aromatic nitrogens is 1. The van der Waals surface area contributed by atoms with Gasteiger partial charge in [0.25, 0.3) is 5.69 Å². The summed E-state index contributed by atoms with van der Waals surface area (Å²) in [5.74, 6) is -0.491. The lowest BCUT2D eigenvalue weighted by Gasteiger charge is -2.14. The summed E-state index contributed by atoms with van der Waals surface area (Å²) in [6.07, 6.45) is 0. The lowest BCUT2D eigenvalue weighted by atomic mass is 9.93. The first-order chi connectivity index (χ1) is 16.0. The number of nitro benzene ring substituents is 1. The molecule has 166 valence electrons. The van der Waals surface area contributed by atoms with Gasteiger partial charge in [-0.05, 0) is 41.0 Å². The maximum Gasteiger partial charge on any atom is 0.270 e. The van der Waals surface area contributed by atoms with E-state index in [9.17, 15) is 14.9 Å². The minimum atomic E-state index is -0.652. The molecule has 0 aliphatic carbocycles. The number of rotatable bonds is 7. The van der Waals surface area contributed by atoms with Crippen LogP contribution in [0, 0.1) is 10.1 Å². The number of nitrogens with zero attached hydrogens (tertiary/aromatic N) is 1. The SMILES string of the molecule is O=C(c1cc2cc([N+](=O)[O-])ccc2[nH]1)C1CNc2ccc(C(Cl)OCc3ccccc3)cc21. The molecule has 2 N–H and O–H groups in total. The molecular weight excluding hydrogens is 442 g/mol. The molecule has 4 aromatic rings. The van der Waals surface area contributed by atoms with Crippen molar-refractivity contribution in [2.75, 3.05) is 11.9 Å². The molecule has 3 aromatic carbocycles. The summed E-state index contributed by atoms with van der Waals surface area (Å²) < 4.78 is 5.82. The monoisotopic (exact) mass is 461 g/mol. The average molecular weight is 462 g/mol. The number of Topliss-reactive ketones (excluding diaryl/α,β-unsaturated/α-hetero) is 1. The highest BCUT2D eigenvalue weighted by atomic mass is 35.5. The highest BCUT2D eigenvalue weighted by Crippen LogP contribution is 2.37. The molecule has 2 heterocycles. The summed E-state index contributed by atoms with van der Waals surface area (Å²) in [6, 6.07) is 21.7. The molecule has 0 bridgehead atoms. The van der Waals surface area contributed by atoms with Gasteiger partial charge in [0.1, 0.15) is 0 Å². The minimum Gasteiger partial charge on any atom is -0.384 e. The van der Waals surface area contributed by atoms with Gasteiger partial charge in [-0.1, -0.05) is 48.0 Å². The fraction of sp³-hybridized carbons (Fsp3) is 0.160. The molecule has 0 spiro atoms. The number of carbonyl (C=O) groups is 1. The summed E-state index contributed by atoms with van der Waals surface area (Å²) in [6.45, 7) is 0.846. The maximum absolute atomic E-state index is 13.3. The van der Waals surface area contributed by atoms with Crippen LogP contribution >= 0.6 is 11.6 Å². The van der Waals surface area contributed by atoms with Crippen LogP contribution in [0.3, 0.4) is 0 Å². The van der Waals surface area contributed by atoms with E-state index in [1.807, 2.05) is 48.5 Å². The largest absolute Gasteiger partial charge is 0.384 e. The first-order valence-electron chi connectivity index (χ1n) is 10.5. The second-order valence-corrected chi connectivity index (χ2v) is 8.37. The molecule has 2 unspecified atom stereocenters. The molecule has 0 fully saturated rings. The number of hydrogen-bond donors (Lipinski definition) is 2. The van der Waals surface area contributed by atoms with Crippen LogP contribution in [-0.2, 0) is 11.3 Å². The number of anilines is 1. The standard InChI is InChI=1S/C25H20ClN3O4/c26-25(33-14-15-4-2-1-3-5-15)16-6-8-22-19(11-16)20(13-27-22)24(30)23-12-17-10-18(29(31)32)7-9-21(17)28-23/h1-12,20,25,27-28H,13-14H2. The zero-order valence-electron chi connectivity index (χ0n) is 17.5. The van der Waals surface area contributed by atoms with Crippen molar-refractivity contribution in [3.8, 4) is 0 Å². The molecule has 7 nitrogen and oxygen atoms in total. The number of hydrogen-bond acceptors (Lipinski definition) is 5. The van der Waals surface area contributed by atoms with Crippen molar-refractivity contribution in [1.29, 1.82) is 0 Å². The molecule has 1 aliphatic rings. The van der Waals surface area contributed by atoms with Gasteiger partial charge in [-0.3, -0.25) is 14.9 Å². The first kappa shape index (κ1) is 21.2. The van der Waals surface area contributed by atoms with Crippen molar-refractivity contribution in [3.63, 3.8) is 0 Å². The number of fused-ring (bicyclic) bond motifs is 2. The van der Waals surface area contributed by atoms with E-state index in [-0.39, 0.29) is 11.5 Å². The fourth-order valence-electron chi connectivity index (χ4n) is 4.12. The highest BCUT2D eigenvalue weighted by Gasteiger charge is 2.31. The number of halogens is 1. The second kappa shape index (κ2) is 8.69. The van der Waals surface area contributed by atoms with Crippen molar-refractivity contribution in [1.82, 2.24) is 4.98 Å². The Hall–Kier alpha value is -3.68. The molecule has 1 aromatic heterocycles. The quantitative estimate of drug-likeness (QED) is 0.154. The summed E-state index contributed by atoms with van der Waals surface area (Å²) in [7, 11) is 0. The van der Waals surface area contributed by atoms with E-state index in [1.165, 1.54) is 12.1 Å². The van der Waals surface area contributed by atoms with E-state index in [1.54, 1.807) is 12.1 Å². The molecule has 1 aliphatic heterocycles. The lowest BCUT2D eigenvalue weighted by molar-refractivity contribution is -0.384. The molecule has 33 heavy (non-hydrogen) atoms. The lowest BCUT2D eigenvalue weighted by Crippen LogP contribution is -2.15. The number of ether oxygens (including phenoxy) is 1. The Morgan fingerprint density at radius 3 is 2.73 bits per heavy atom. The van der Waals surface area contributed by atoms with E-state index in [0.29, 0.717) is 29.7 Å². The molecule has 5 rings (SSSR count). The van der Waals surface area contributed by atoms with E-state index in [0.717, 1.165) is 22.4 Å². The Morgan fingerprint density at radius 2 is 1.94 bits per heavy atom. The van der Waals surface area contributed by atoms with Gasteiger partial charge in [0.2, 0.25) is 0 Å². The van der Waals surface area contributed by atoms with Crippen LogP contribution in [0.1, 0.15) is 38.7 Å². The summed E-state index contributed by atoms with van der Waals surface area (Å²) >= 11 is 6.51. The van der Waals surface area contributed by atoms with Crippen LogP contribution in [0.2, 0.25) is 0 Å². The van der Waals surface area contributed by atoms with E-state index >= 15 is 0 Å². The number of benzene rings is 3. The van der Waals surface area contributed by atoms with Gasteiger partial charge in [-0.2, -0.15) is 0 Å². The molecular formula is C25H20ClN3O4. The third kappa shape index (κ3) is 4.20. The highest BCUT2D eigenvalue weighted by molar-refractivity contribution is 6.20. The smallest absolute Gasteiger partial charge is 0.270 e. The normalized spacial score (nSPS) is 15.7. The van der Waals surface area contributed by atoms with Crippen molar-refractivity contribution in [2.45, 2.75) is 18.1 Å². The molecule has 0 saturated carbocycles. The Kier molecular flexibility index (Phi) is 5.58. The summed E-state index contributed by atoms with van der Waals surface area (Å²) in [4.78, 5) is 27.0. The van der Waals surface area contributed by atoms with Crippen molar-refractivity contribution < 1.29 is 14.5 Å².